The summed E-state index contributed by atoms with van der Waals surface area (Å²) in [6.45, 7) is 2.95. The zero-order valence-electron chi connectivity index (χ0n) is 8.70. The van der Waals surface area contributed by atoms with Crippen LogP contribution in [0.4, 0.5) is 5.69 Å². The lowest BCUT2D eigenvalue weighted by atomic mass is 10.2. The summed E-state index contributed by atoms with van der Waals surface area (Å²) >= 11 is 0. The maximum Gasteiger partial charge on any atom is 0.273 e. The normalized spacial score (nSPS) is 10.4. The number of nitrogens with two attached hydrogens (primary N) is 1. The van der Waals surface area contributed by atoms with E-state index in [1.54, 1.807) is 16.8 Å². The molecule has 0 amide bonds. The first-order valence-corrected chi connectivity index (χ1v) is 5.20. The predicted molar refractivity (Wildman–Crippen MR) is 59.3 cm³/mol. The van der Waals surface area contributed by atoms with Crippen molar-refractivity contribution >= 4 is 5.69 Å². The number of nitrogen functional groups attached to an aromatic ring is 1. The Morgan fingerprint density at radius 2 is 2.14 bits per heavy atom. The Hall–Kier alpha value is -1.25. The van der Waals surface area contributed by atoms with Crippen molar-refractivity contribution in [1.29, 1.82) is 0 Å². The number of pyridine rings is 1. The van der Waals surface area contributed by atoms with Crippen molar-refractivity contribution in [2.45, 2.75) is 39.2 Å². The van der Waals surface area contributed by atoms with Gasteiger partial charge in [-0.05, 0) is 18.6 Å². The highest BCUT2D eigenvalue weighted by molar-refractivity contribution is 5.33. The topological polar surface area (TPSA) is 48.0 Å². The average molecular weight is 194 g/mol. The Morgan fingerprint density at radius 1 is 1.36 bits per heavy atom. The standard InChI is InChI=1S/C11H18N2O/c1-2-3-4-5-8-13-9-6-7-10(12)11(13)14/h6-7,9H,2-5,8,12H2,1H3. The van der Waals surface area contributed by atoms with Gasteiger partial charge in [-0.2, -0.15) is 0 Å². The second-order valence-electron chi connectivity index (χ2n) is 3.52. The fourth-order valence-electron chi connectivity index (χ4n) is 1.44. The number of nitrogens with zero attached hydrogens (tertiary/aromatic N) is 1. The number of hydrogen-bond donors (Lipinski definition) is 1. The Bertz CT molecular complexity index is 330. The average Bonchev–Trinajstić information content (AvgIpc) is 2.19. The molecule has 3 nitrogen and oxygen atoms in total. The highest BCUT2D eigenvalue weighted by Gasteiger charge is 1.97. The van der Waals surface area contributed by atoms with Gasteiger partial charge in [0, 0.05) is 12.7 Å². The third-order valence-electron chi connectivity index (χ3n) is 2.30. The molecule has 0 unspecified atom stereocenters. The molecule has 0 radical (unpaired) electrons. The van der Waals surface area contributed by atoms with Crippen LogP contribution in [0, 0.1) is 0 Å². The lowest BCUT2D eigenvalue weighted by molar-refractivity contribution is 0.571. The fraction of sp³-hybridized carbons (Fsp3) is 0.545. The van der Waals surface area contributed by atoms with Crippen LogP contribution in [0.25, 0.3) is 0 Å². The minimum absolute atomic E-state index is 0.0657. The Kier molecular flexibility index (Phi) is 4.23. The zero-order valence-corrected chi connectivity index (χ0v) is 8.70. The van der Waals surface area contributed by atoms with E-state index in [0.717, 1.165) is 13.0 Å². The third-order valence-corrected chi connectivity index (χ3v) is 2.30. The lowest BCUT2D eigenvalue weighted by Crippen LogP contribution is -2.21. The molecular weight excluding hydrogens is 176 g/mol. The van der Waals surface area contributed by atoms with E-state index in [2.05, 4.69) is 6.92 Å². The second kappa shape index (κ2) is 5.47. The largest absolute Gasteiger partial charge is 0.394 e. The zero-order chi connectivity index (χ0) is 10.4. The Labute approximate surface area is 84.6 Å². The predicted octanol–water partition coefficient (Wildman–Crippen LogP) is 2.01. The van der Waals surface area contributed by atoms with Crippen LogP contribution in [0.2, 0.25) is 0 Å². The van der Waals surface area contributed by atoms with Crippen molar-refractivity contribution in [3.05, 3.63) is 28.7 Å². The number of unbranched alkanes of at least 4 members (excludes halogenated alkanes) is 3. The summed E-state index contributed by atoms with van der Waals surface area (Å²) in [5, 5.41) is 0. The van der Waals surface area contributed by atoms with Gasteiger partial charge in [-0.25, -0.2) is 0 Å². The van der Waals surface area contributed by atoms with Crippen molar-refractivity contribution in [1.82, 2.24) is 4.57 Å². The highest BCUT2D eigenvalue weighted by atomic mass is 16.1. The van der Waals surface area contributed by atoms with Crippen LogP contribution in [0.3, 0.4) is 0 Å². The molecule has 0 bridgehead atoms. The van der Waals surface area contributed by atoms with E-state index < -0.39 is 0 Å². The van der Waals surface area contributed by atoms with Crippen molar-refractivity contribution < 1.29 is 0 Å². The van der Waals surface area contributed by atoms with Gasteiger partial charge in [0.2, 0.25) is 0 Å². The molecule has 0 atom stereocenters. The summed E-state index contributed by atoms with van der Waals surface area (Å²) < 4.78 is 1.69. The number of anilines is 1. The van der Waals surface area contributed by atoms with E-state index >= 15 is 0 Å². The Balaban J connectivity index is 2.51. The first-order valence-electron chi connectivity index (χ1n) is 5.20. The van der Waals surface area contributed by atoms with Gasteiger partial charge in [0.25, 0.3) is 5.56 Å². The maximum absolute atomic E-state index is 11.5. The van der Waals surface area contributed by atoms with Gasteiger partial charge in [-0.1, -0.05) is 26.2 Å². The molecule has 0 aromatic carbocycles. The molecule has 2 N–H and O–H groups in total. The SMILES string of the molecule is CCCCCCn1cccc(N)c1=O. The summed E-state index contributed by atoms with van der Waals surface area (Å²) in [7, 11) is 0. The van der Waals surface area contributed by atoms with Crippen LogP contribution < -0.4 is 11.3 Å². The molecule has 0 spiro atoms. The van der Waals surface area contributed by atoms with Crippen molar-refractivity contribution in [3.8, 4) is 0 Å². The van der Waals surface area contributed by atoms with E-state index in [-0.39, 0.29) is 5.56 Å². The van der Waals surface area contributed by atoms with Gasteiger partial charge in [-0.15, -0.1) is 0 Å². The van der Waals surface area contributed by atoms with Crippen LogP contribution in [-0.2, 0) is 6.54 Å². The number of hydrogen-bond acceptors (Lipinski definition) is 2. The minimum Gasteiger partial charge on any atom is -0.394 e. The molecular formula is C11H18N2O. The van der Waals surface area contributed by atoms with Gasteiger partial charge in [-0.3, -0.25) is 4.79 Å². The molecule has 0 aliphatic heterocycles. The van der Waals surface area contributed by atoms with Crippen molar-refractivity contribution in [2.24, 2.45) is 0 Å². The minimum atomic E-state index is -0.0657. The molecule has 1 aromatic rings. The first-order chi connectivity index (χ1) is 6.75. The van der Waals surface area contributed by atoms with Gasteiger partial charge < -0.3 is 10.3 Å². The van der Waals surface area contributed by atoms with Crippen LogP contribution in [0.5, 0.6) is 0 Å². The summed E-state index contributed by atoms with van der Waals surface area (Å²) in [5.74, 6) is 0. The first kappa shape index (κ1) is 10.8. The highest BCUT2D eigenvalue weighted by Crippen LogP contribution is 2.01. The molecule has 0 saturated carbocycles. The van der Waals surface area contributed by atoms with Gasteiger partial charge >= 0.3 is 0 Å². The van der Waals surface area contributed by atoms with Gasteiger partial charge in [0.1, 0.15) is 0 Å². The van der Waals surface area contributed by atoms with Crippen molar-refractivity contribution in [3.63, 3.8) is 0 Å². The third kappa shape index (κ3) is 2.91. The van der Waals surface area contributed by atoms with Crippen molar-refractivity contribution in [2.75, 3.05) is 5.73 Å². The summed E-state index contributed by atoms with van der Waals surface area (Å²) in [6.07, 6.45) is 6.47. The quantitative estimate of drug-likeness (QED) is 0.729. The number of aryl methyl sites for hydroxylation is 1. The maximum atomic E-state index is 11.5. The van der Waals surface area contributed by atoms with E-state index in [9.17, 15) is 4.79 Å². The summed E-state index contributed by atoms with van der Waals surface area (Å²) in [6, 6.07) is 3.46. The summed E-state index contributed by atoms with van der Waals surface area (Å²) in [4.78, 5) is 11.5. The van der Waals surface area contributed by atoms with E-state index in [1.807, 2.05) is 6.07 Å². The molecule has 3 heteroatoms. The molecule has 78 valence electrons. The smallest absolute Gasteiger partial charge is 0.273 e. The van der Waals surface area contributed by atoms with E-state index in [0.29, 0.717) is 5.69 Å². The van der Waals surface area contributed by atoms with Crippen LogP contribution >= 0.6 is 0 Å². The van der Waals surface area contributed by atoms with Gasteiger partial charge in [0.05, 0.1) is 5.69 Å². The molecule has 1 heterocycles. The number of aromatic nitrogens is 1. The Morgan fingerprint density at radius 3 is 2.86 bits per heavy atom. The van der Waals surface area contributed by atoms with Gasteiger partial charge in [0.15, 0.2) is 0 Å². The monoisotopic (exact) mass is 194 g/mol. The van der Waals surface area contributed by atoms with E-state index in [4.69, 9.17) is 5.73 Å². The van der Waals surface area contributed by atoms with Crippen LogP contribution in [-0.4, -0.2) is 4.57 Å². The molecule has 1 rings (SSSR count). The molecule has 14 heavy (non-hydrogen) atoms. The molecule has 0 aliphatic carbocycles. The molecule has 0 fully saturated rings. The lowest BCUT2D eigenvalue weighted by Gasteiger charge is -2.05. The van der Waals surface area contributed by atoms with Crippen LogP contribution in [0.15, 0.2) is 23.1 Å². The molecule has 1 aromatic heterocycles. The second-order valence-corrected chi connectivity index (χ2v) is 3.52. The number of rotatable bonds is 5. The van der Waals surface area contributed by atoms with E-state index in [1.165, 1.54) is 19.3 Å². The molecule has 0 saturated heterocycles. The fourth-order valence-corrected chi connectivity index (χ4v) is 1.44. The van der Waals surface area contributed by atoms with Crippen LogP contribution in [0.1, 0.15) is 32.6 Å². The molecule has 0 aliphatic rings. The summed E-state index contributed by atoms with van der Waals surface area (Å²) in [5.41, 5.74) is 5.79.